The number of nitro groups is 1. The topological polar surface area (TPSA) is 79.0 Å². The molecule has 1 aliphatic rings. The summed E-state index contributed by atoms with van der Waals surface area (Å²) >= 11 is 0. The van der Waals surface area contributed by atoms with Crippen LogP contribution in [-0.4, -0.2) is 11.0 Å². The fraction of sp³-hybridized carbons (Fsp3) is 0.562. The van der Waals surface area contributed by atoms with E-state index in [2.05, 4.69) is 19.2 Å². The first-order chi connectivity index (χ1) is 10.0. The van der Waals surface area contributed by atoms with Gasteiger partial charge in [-0.3, -0.25) is 10.1 Å². The summed E-state index contributed by atoms with van der Waals surface area (Å²) in [4.78, 5) is 10.7. The van der Waals surface area contributed by atoms with E-state index in [9.17, 15) is 10.1 Å². The summed E-state index contributed by atoms with van der Waals surface area (Å²) in [5.74, 6) is 1.32. The molecule has 0 aromatic heterocycles. The van der Waals surface area contributed by atoms with Gasteiger partial charge in [0.25, 0.3) is 5.69 Å². The zero-order valence-corrected chi connectivity index (χ0v) is 12.5. The Morgan fingerprint density at radius 2 is 2.19 bits per heavy atom. The van der Waals surface area contributed by atoms with Gasteiger partial charge in [0, 0.05) is 12.1 Å². The molecule has 0 amide bonds. The smallest absolute Gasteiger partial charge is 0.293 e. The first-order valence-corrected chi connectivity index (χ1v) is 7.46. The van der Waals surface area contributed by atoms with Gasteiger partial charge in [-0.2, -0.15) is 5.26 Å². The summed E-state index contributed by atoms with van der Waals surface area (Å²) in [6.07, 6.45) is 4.49. The molecule has 1 saturated carbocycles. The lowest BCUT2D eigenvalue weighted by Crippen LogP contribution is -2.29. The predicted molar refractivity (Wildman–Crippen MR) is 82.0 cm³/mol. The average Bonchev–Trinajstić information content (AvgIpc) is 2.47. The molecule has 1 aromatic carbocycles. The van der Waals surface area contributed by atoms with Crippen LogP contribution < -0.4 is 5.32 Å². The first kappa shape index (κ1) is 15.3. The van der Waals surface area contributed by atoms with Crippen molar-refractivity contribution in [1.29, 1.82) is 5.26 Å². The highest BCUT2D eigenvalue weighted by Gasteiger charge is 2.26. The third-order valence-corrected chi connectivity index (χ3v) is 4.34. The number of nitro benzene ring substituents is 1. The fourth-order valence-electron chi connectivity index (χ4n) is 3.06. The van der Waals surface area contributed by atoms with Gasteiger partial charge in [-0.15, -0.1) is 0 Å². The van der Waals surface area contributed by atoms with Gasteiger partial charge < -0.3 is 5.32 Å². The van der Waals surface area contributed by atoms with Gasteiger partial charge in [-0.1, -0.05) is 26.7 Å². The standard InChI is InChI=1S/C16H21N3O2/c1-11(2)13-4-3-5-14(9-13)18-15-7-6-12(10-17)8-16(15)19(20)21/h6-8,11,13-14,18H,3-5,9H2,1-2H3. The molecule has 0 aliphatic heterocycles. The first-order valence-electron chi connectivity index (χ1n) is 7.46. The molecule has 2 atom stereocenters. The van der Waals surface area contributed by atoms with Crippen LogP contribution in [0.4, 0.5) is 11.4 Å². The molecule has 2 unspecified atom stereocenters. The molecular weight excluding hydrogens is 266 g/mol. The van der Waals surface area contributed by atoms with Crippen molar-refractivity contribution in [1.82, 2.24) is 0 Å². The van der Waals surface area contributed by atoms with Crippen molar-refractivity contribution in [2.24, 2.45) is 11.8 Å². The van der Waals surface area contributed by atoms with Gasteiger partial charge in [-0.05, 0) is 36.8 Å². The third-order valence-electron chi connectivity index (χ3n) is 4.34. The Kier molecular flexibility index (Phi) is 4.79. The zero-order chi connectivity index (χ0) is 15.4. The van der Waals surface area contributed by atoms with E-state index in [1.807, 2.05) is 6.07 Å². The van der Waals surface area contributed by atoms with Crippen LogP contribution in [0.25, 0.3) is 0 Å². The molecule has 0 radical (unpaired) electrons. The van der Waals surface area contributed by atoms with Gasteiger partial charge in [-0.25, -0.2) is 0 Å². The quantitative estimate of drug-likeness (QED) is 0.668. The van der Waals surface area contributed by atoms with Gasteiger partial charge in [0.05, 0.1) is 16.6 Å². The number of rotatable bonds is 4. The SMILES string of the molecule is CC(C)C1CCCC(Nc2ccc(C#N)cc2[N+](=O)[O-])C1. The predicted octanol–water partition coefficient (Wildman–Crippen LogP) is 4.09. The largest absolute Gasteiger partial charge is 0.377 e. The highest BCUT2D eigenvalue weighted by atomic mass is 16.6. The van der Waals surface area contributed by atoms with E-state index >= 15 is 0 Å². The van der Waals surface area contributed by atoms with E-state index in [0.29, 0.717) is 23.1 Å². The maximum absolute atomic E-state index is 11.2. The lowest BCUT2D eigenvalue weighted by molar-refractivity contribution is -0.384. The Morgan fingerprint density at radius 1 is 1.43 bits per heavy atom. The summed E-state index contributed by atoms with van der Waals surface area (Å²) in [7, 11) is 0. The number of nitrogens with one attached hydrogen (secondary N) is 1. The molecule has 2 rings (SSSR count). The summed E-state index contributed by atoms with van der Waals surface area (Å²) in [5.41, 5.74) is 0.824. The Labute approximate surface area is 125 Å². The Morgan fingerprint density at radius 3 is 2.81 bits per heavy atom. The Hall–Kier alpha value is -2.09. The van der Waals surface area contributed by atoms with Crippen molar-refractivity contribution in [3.05, 3.63) is 33.9 Å². The molecule has 1 N–H and O–H groups in total. The summed E-state index contributed by atoms with van der Waals surface area (Å²) in [6.45, 7) is 4.47. The molecule has 1 fully saturated rings. The second-order valence-corrected chi connectivity index (χ2v) is 6.11. The van der Waals surface area contributed by atoms with Crippen LogP contribution in [0.2, 0.25) is 0 Å². The van der Waals surface area contributed by atoms with Gasteiger partial charge in [0.15, 0.2) is 0 Å². The average molecular weight is 287 g/mol. The van der Waals surface area contributed by atoms with E-state index in [4.69, 9.17) is 5.26 Å². The number of anilines is 1. The highest BCUT2D eigenvalue weighted by Crippen LogP contribution is 2.33. The van der Waals surface area contributed by atoms with Crippen molar-refractivity contribution in [3.8, 4) is 6.07 Å². The minimum Gasteiger partial charge on any atom is -0.377 e. The fourth-order valence-corrected chi connectivity index (χ4v) is 3.06. The molecule has 5 nitrogen and oxygen atoms in total. The number of nitriles is 1. The third kappa shape index (κ3) is 3.72. The molecule has 0 heterocycles. The van der Waals surface area contributed by atoms with Crippen LogP contribution in [0.15, 0.2) is 18.2 Å². The molecule has 0 bridgehead atoms. The number of nitrogens with zero attached hydrogens (tertiary/aromatic N) is 2. The van der Waals surface area contributed by atoms with Gasteiger partial charge in [0.2, 0.25) is 0 Å². The lowest BCUT2D eigenvalue weighted by Gasteiger charge is -2.32. The van der Waals surface area contributed by atoms with E-state index in [-0.39, 0.29) is 11.7 Å². The zero-order valence-electron chi connectivity index (χ0n) is 12.5. The normalized spacial score (nSPS) is 21.8. The molecule has 5 heteroatoms. The van der Waals surface area contributed by atoms with Crippen molar-refractivity contribution in [2.45, 2.75) is 45.6 Å². The second kappa shape index (κ2) is 6.57. The van der Waals surface area contributed by atoms with Crippen molar-refractivity contribution < 1.29 is 4.92 Å². The summed E-state index contributed by atoms with van der Waals surface area (Å²) in [6, 6.07) is 6.83. The number of hydrogen-bond acceptors (Lipinski definition) is 4. The van der Waals surface area contributed by atoms with E-state index in [1.54, 1.807) is 12.1 Å². The number of benzene rings is 1. The van der Waals surface area contributed by atoms with E-state index in [1.165, 1.54) is 12.5 Å². The summed E-state index contributed by atoms with van der Waals surface area (Å²) in [5, 5.41) is 23.3. The van der Waals surface area contributed by atoms with Gasteiger partial charge in [0.1, 0.15) is 5.69 Å². The molecule has 112 valence electrons. The van der Waals surface area contributed by atoms with Crippen molar-refractivity contribution in [3.63, 3.8) is 0 Å². The highest BCUT2D eigenvalue weighted by molar-refractivity contribution is 5.64. The maximum Gasteiger partial charge on any atom is 0.293 e. The molecular formula is C16H21N3O2. The van der Waals surface area contributed by atoms with Crippen LogP contribution >= 0.6 is 0 Å². The lowest BCUT2D eigenvalue weighted by atomic mass is 9.79. The second-order valence-electron chi connectivity index (χ2n) is 6.11. The monoisotopic (exact) mass is 287 g/mol. The van der Waals surface area contributed by atoms with Crippen molar-refractivity contribution in [2.75, 3.05) is 5.32 Å². The molecule has 0 saturated heterocycles. The number of hydrogen-bond donors (Lipinski definition) is 1. The minimum absolute atomic E-state index is 0.0132. The van der Waals surface area contributed by atoms with E-state index in [0.717, 1.165) is 19.3 Å². The van der Waals surface area contributed by atoms with Crippen LogP contribution in [-0.2, 0) is 0 Å². The van der Waals surface area contributed by atoms with Crippen LogP contribution in [0, 0.1) is 33.3 Å². The minimum atomic E-state index is -0.425. The van der Waals surface area contributed by atoms with Crippen LogP contribution in [0.1, 0.15) is 45.1 Å². The van der Waals surface area contributed by atoms with Crippen LogP contribution in [0.3, 0.4) is 0 Å². The van der Waals surface area contributed by atoms with Gasteiger partial charge >= 0.3 is 0 Å². The molecule has 1 aromatic rings. The van der Waals surface area contributed by atoms with E-state index < -0.39 is 4.92 Å². The summed E-state index contributed by atoms with van der Waals surface area (Å²) < 4.78 is 0. The molecule has 1 aliphatic carbocycles. The van der Waals surface area contributed by atoms with Crippen LogP contribution in [0.5, 0.6) is 0 Å². The molecule has 21 heavy (non-hydrogen) atoms. The maximum atomic E-state index is 11.2. The Balaban J connectivity index is 2.15. The molecule has 0 spiro atoms. The Bertz CT molecular complexity index is 563. The van der Waals surface area contributed by atoms with Crippen molar-refractivity contribution >= 4 is 11.4 Å².